The molecule has 4 rings (SSSR count). The van der Waals surface area contributed by atoms with E-state index in [2.05, 4.69) is 16.3 Å². The Labute approximate surface area is 167 Å². The molecule has 11 heteroatoms. The van der Waals surface area contributed by atoms with Crippen LogP contribution in [-0.2, 0) is 18.6 Å². The Balaban J connectivity index is 1.80. The molecule has 1 amide bonds. The maximum absolute atomic E-state index is 13.3. The lowest BCUT2D eigenvalue weighted by atomic mass is 9.90. The van der Waals surface area contributed by atoms with Crippen LogP contribution >= 0.6 is 0 Å². The van der Waals surface area contributed by atoms with Crippen molar-refractivity contribution in [2.75, 3.05) is 0 Å². The molecular weight excluding hydrogens is 401 g/mol. The summed E-state index contributed by atoms with van der Waals surface area (Å²) in [4.78, 5) is 23.7. The first-order chi connectivity index (χ1) is 14.1. The molecule has 0 radical (unpaired) electrons. The molecule has 0 atom stereocenters. The quantitative estimate of drug-likeness (QED) is 0.677. The molecular formula is C19H15F3N6O2. The highest BCUT2D eigenvalue weighted by molar-refractivity contribution is 5.96. The molecule has 8 nitrogen and oxygen atoms in total. The predicted molar refractivity (Wildman–Crippen MR) is 98.6 cm³/mol. The zero-order chi connectivity index (χ0) is 21.8. The van der Waals surface area contributed by atoms with Crippen molar-refractivity contribution in [1.82, 2.24) is 19.6 Å². The third-order valence-electron chi connectivity index (χ3n) is 5.22. The highest BCUT2D eigenvalue weighted by Crippen LogP contribution is 2.49. The van der Waals surface area contributed by atoms with Gasteiger partial charge in [-0.3, -0.25) is 19.4 Å². The fourth-order valence-electron chi connectivity index (χ4n) is 3.55. The van der Waals surface area contributed by atoms with Crippen molar-refractivity contribution in [2.24, 2.45) is 12.8 Å². The van der Waals surface area contributed by atoms with Gasteiger partial charge in [-0.15, -0.1) is 0 Å². The van der Waals surface area contributed by atoms with Crippen molar-refractivity contribution in [1.29, 1.82) is 5.26 Å². The molecule has 0 bridgehead atoms. The summed E-state index contributed by atoms with van der Waals surface area (Å²) in [7, 11) is 1.27. The van der Waals surface area contributed by atoms with Gasteiger partial charge in [0.05, 0.1) is 17.7 Å². The number of aromatic amines is 1. The zero-order valence-electron chi connectivity index (χ0n) is 15.6. The fraction of sp³-hybridized carbons (Fsp3) is 0.263. The van der Waals surface area contributed by atoms with Crippen LogP contribution in [0.15, 0.2) is 35.4 Å². The minimum Gasteiger partial charge on any atom is -0.366 e. The molecule has 1 saturated carbocycles. The number of carbonyl (C=O) groups excluding carboxylic acids is 1. The monoisotopic (exact) mass is 416 g/mol. The number of nitrogens with two attached hydrogens (primary N) is 1. The van der Waals surface area contributed by atoms with Crippen LogP contribution in [0.2, 0.25) is 0 Å². The van der Waals surface area contributed by atoms with Crippen molar-refractivity contribution in [3.63, 3.8) is 0 Å². The van der Waals surface area contributed by atoms with E-state index in [-0.39, 0.29) is 5.56 Å². The average molecular weight is 416 g/mol. The molecule has 30 heavy (non-hydrogen) atoms. The Morgan fingerprint density at radius 3 is 2.60 bits per heavy atom. The number of hydrogen-bond acceptors (Lipinski definition) is 4. The van der Waals surface area contributed by atoms with Crippen molar-refractivity contribution >= 4 is 5.91 Å². The average Bonchev–Trinajstić information content (AvgIpc) is 3.20. The summed E-state index contributed by atoms with van der Waals surface area (Å²) >= 11 is 0. The summed E-state index contributed by atoms with van der Waals surface area (Å²) in [5, 5.41) is 15.4. The summed E-state index contributed by atoms with van der Waals surface area (Å²) < 4.78 is 41.8. The molecule has 2 aromatic heterocycles. The van der Waals surface area contributed by atoms with Gasteiger partial charge in [0.25, 0.3) is 5.56 Å². The Morgan fingerprint density at radius 2 is 2.03 bits per heavy atom. The Morgan fingerprint density at radius 1 is 1.33 bits per heavy atom. The second kappa shape index (κ2) is 6.35. The van der Waals surface area contributed by atoms with Crippen molar-refractivity contribution in [3.8, 4) is 23.0 Å². The smallest absolute Gasteiger partial charge is 0.366 e. The van der Waals surface area contributed by atoms with Gasteiger partial charge in [0.2, 0.25) is 5.91 Å². The molecule has 3 aromatic rings. The van der Waals surface area contributed by atoms with Crippen LogP contribution in [0.4, 0.5) is 13.2 Å². The van der Waals surface area contributed by atoms with Gasteiger partial charge in [-0.2, -0.15) is 23.5 Å². The first kappa shape index (κ1) is 19.5. The SMILES string of the molecule is Cn1[nH]c(=O)c(C(F)(F)F)c1-n1cc(-c2ccc(C3(C#N)CC3)c(C(N)=O)c2)cn1. The number of alkyl halides is 3. The van der Waals surface area contributed by atoms with E-state index in [9.17, 15) is 28.0 Å². The van der Waals surface area contributed by atoms with Crippen molar-refractivity contribution < 1.29 is 18.0 Å². The largest absolute Gasteiger partial charge is 0.425 e. The number of H-pyrrole nitrogens is 1. The van der Waals surface area contributed by atoms with Gasteiger partial charge < -0.3 is 5.73 Å². The summed E-state index contributed by atoms with van der Waals surface area (Å²) in [6.07, 6.45) is -0.984. The summed E-state index contributed by atoms with van der Waals surface area (Å²) in [5.41, 5.74) is 3.75. The van der Waals surface area contributed by atoms with Gasteiger partial charge in [-0.1, -0.05) is 12.1 Å². The minimum atomic E-state index is -4.87. The van der Waals surface area contributed by atoms with Crippen LogP contribution in [0.5, 0.6) is 0 Å². The number of carbonyl (C=O) groups is 1. The van der Waals surface area contributed by atoms with E-state index < -0.39 is 34.4 Å². The number of benzene rings is 1. The number of aromatic nitrogens is 4. The Hall–Kier alpha value is -3.81. The normalized spacial score (nSPS) is 15.0. The van der Waals surface area contributed by atoms with Crippen LogP contribution in [-0.4, -0.2) is 25.5 Å². The topological polar surface area (TPSA) is 122 Å². The van der Waals surface area contributed by atoms with E-state index >= 15 is 0 Å². The summed E-state index contributed by atoms with van der Waals surface area (Å²) in [5.74, 6) is -1.17. The maximum atomic E-state index is 13.3. The van der Waals surface area contributed by atoms with Crippen molar-refractivity contribution in [3.05, 3.63) is 57.6 Å². The van der Waals surface area contributed by atoms with Crippen LogP contribution in [0.1, 0.15) is 34.3 Å². The summed E-state index contributed by atoms with van der Waals surface area (Å²) in [6.45, 7) is 0. The first-order valence-electron chi connectivity index (χ1n) is 8.84. The van der Waals surface area contributed by atoms with Crippen LogP contribution in [0, 0.1) is 11.3 Å². The highest BCUT2D eigenvalue weighted by atomic mass is 19.4. The van der Waals surface area contributed by atoms with Crippen LogP contribution < -0.4 is 11.3 Å². The number of aryl methyl sites for hydroxylation is 1. The zero-order valence-corrected chi connectivity index (χ0v) is 15.6. The van der Waals surface area contributed by atoms with Gasteiger partial charge in [0.15, 0.2) is 11.4 Å². The number of halogens is 3. The third-order valence-corrected chi connectivity index (χ3v) is 5.22. The number of nitrogens with zero attached hydrogens (tertiary/aromatic N) is 4. The number of primary amides is 1. The van der Waals surface area contributed by atoms with E-state index in [0.29, 0.717) is 29.5 Å². The molecule has 3 N–H and O–H groups in total. The second-order valence-electron chi connectivity index (χ2n) is 7.19. The van der Waals surface area contributed by atoms with E-state index in [1.165, 1.54) is 25.5 Å². The van der Waals surface area contributed by atoms with Crippen LogP contribution in [0.25, 0.3) is 16.9 Å². The number of rotatable bonds is 4. The van der Waals surface area contributed by atoms with Gasteiger partial charge in [-0.25, -0.2) is 4.68 Å². The van der Waals surface area contributed by atoms with Gasteiger partial charge >= 0.3 is 6.18 Å². The lowest BCUT2D eigenvalue weighted by molar-refractivity contribution is -0.138. The lowest BCUT2D eigenvalue weighted by Gasteiger charge is -2.12. The molecule has 0 saturated heterocycles. The molecule has 0 aliphatic heterocycles. The molecule has 154 valence electrons. The number of nitrogens with one attached hydrogen (secondary N) is 1. The molecule has 0 spiro atoms. The van der Waals surface area contributed by atoms with Gasteiger partial charge in [0.1, 0.15) is 0 Å². The molecule has 1 fully saturated rings. The molecule has 1 aliphatic rings. The molecule has 1 aromatic carbocycles. The van der Waals surface area contributed by atoms with E-state index in [4.69, 9.17) is 5.73 Å². The van der Waals surface area contributed by atoms with Gasteiger partial charge in [-0.05, 0) is 30.0 Å². The van der Waals surface area contributed by atoms with Gasteiger partial charge in [0, 0.05) is 24.4 Å². The fourth-order valence-corrected chi connectivity index (χ4v) is 3.55. The standard InChI is InChI=1S/C19H15F3N6O2/c1-27-17(14(16(30)26-27)19(20,21)22)28-8-11(7-25-28)10-2-3-13(12(6-10)15(24)29)18(9-23)4-5-18/h2-3,6-8H,4-5H2,1H3,(H2,24,29)(H,26,30). The lowest BCUT2D eigenvalue weighted by Crippen LogP contribution is -2.19. The number of nitriles is 1. The highest BCUT2D eigenvalue weighted by Gasteiger charge is 2.47. The van der Waals surface area contributed by atoms with E-state index in [0.717, 1.165) is 9.36 Å². The first-order valence-corrected chi connectivity index (χ1v) is 8.84. The molecule has 2 heterocycles. The predicted octanol–water partition coefficient (Wildman–Crippen LogP) is 2.24. The molecule has 0 unspecified atom stereocenters. The second-order valence-corrected chi connectivity index (χ2v) is 7.19. The number of amides is 1. The number of hydrogen-bond donors (Lipinski definition) is 2. The third kappa shape index (κ3) is 2.97. The Kier molecular flexibility index (Phi) is 4.13. The van der Waals surface area contributed by atoms with E-state index in [1.54, 1.807) is 12.1 Å². The molecule has 1 aliphatic carbocycles. The van der Waals surface area contributed by atoms with Crippen molar-refractivity contribution in [2.45, 2.75) is 24.4 Å². The Bertz CT molecular complexity index is 1270. The van der Waals surface area contributed by atoms with Crippen LogP contribution in [0.3, 0.4) is 0 Å². The minimum absolute atomic E-state index is 0.185. The maximum Gasteiger partial charge on any atom is 0.425 e. The summed E-state index contributed by atoms with van der Waals surface area (Å²) in [6, 6.07) is 7.00. The van der Waals surface area contributed by atoms with E-state index in [1.807, 2.05) is 0 Å².